The minimum absolute atomic E-state index is 0.129. The third kappa shape index (κ3) is 56.2. The van der Waals surface area contributed by atoms with Crippen LogP contribution in [-0.2, 0) is 28.6 Å². The molecule has 0 rings (SSSR count). The van der Waals surface area contributed by atoms with Crippen LogP contribution < -0.4 is 0 Å². The summed E-state index contributed by atoms with van der Waals surface area (Å²) in [7, 11) is 0. The average Bonchev–Trinajstić information content (AvgIpc) is 3.38. The zero-order valence-electron chi connectivity index (χ0n) is 46.1. The smallest absolute Gasteiger partial charge is 0.306 e. The Balaban J connectivity index is 4.58. The molecule has 0 N–H and O–H groups in total. The topological polar surface area (TPSA) is 78.9 Å². The standard InChI is InChI=1S/C66H104O6/c1-4-7-10-13-16-19-22-25-28-31-33-35-38-41-44-47-50-53-56-59-65(68)71-62-63(61-70-64(67)58-55-52-49-46-43-40-37-30-27-24-21-18-15-12-9-6-3)72-66(69)60-57-54-51-48-45-42-39-36-34-32-29-26-23-20-17-14-11-8-5-2/h7,9-10,12-13,16,18-19,21-22,25,27-28,30-31,33,35,38,40-41,43-44,49,52,63H,4-6,8,11,14-15,17,20,23-24,26,29,32,34,36-37,39,42,45-48,50-51,53-62H2,1-3H3/b10-7-,12-9-,16-13-,21-18-,22-19-,28-25-,30-27-,33-31+,38-35-,43-40-,44-41-,52-49-. The summed E-state index contributed by atoms with van der Waals surface area (Å²) in [6, 6.07) is 0. The maximum Gasteiger partial charge on any atom is 0.306 e. The van der Waals surface area contributed by atoms with Gasteiger partial charge in [0.2, 0.25) is 0 Å². The van der Waals surface area contributed by atoms with E-state index in [0.717, 1.165) is 77.0 Å². The van der Waals surface area contributed by atoms with Gasteiger partial charge >= 0.3 is 17.9 Å². The average molecular weight is 994 g/mol. The molecule has 0 saturated carbocycles. The summed E-state index contributed by atoms with van der Waals surface area (Å²) in [5.74, 6) is -1.06. The molecule has 72 heavy (non-hydrogen) atoms. The second-order valence-corrected chi connectivity index (χ2v) is 18.6. The Kier molecular flexibility index (Phi) is 55.0. The predicted molar refractivity (Wildman–Crippen MR) is 311 cm³/mol. The summed E-state index contributed by atoms with van der Waals surface area (Å²) in [6.07, 6.45) is 84.2. The first kappa shape index (κ1) is 67.3. The molecular formula is C66H104O6. The van der Waals surface area contributed by atoms with E-state index in [1.165, 1.54) is 103 Å². The van der Waals surface area contributed by atoms with Crippen LogP contribution in [0.4, 0.5) is 0 Å². The number of rotatable bonds is 50. The maximum absolute atomic E-state index is 12.9. The van der Waals surface area contributed by atoms with E-state index in [4.69, 9.17) is 14.2 Å². The highest BCUT2D eigenvalue weighted by Gasteiger charge is 2.19. The van der Waals surface area contributed by atoms with Gasteiger partial charge in [0.05, 0.1) is 0 Å². The molecular weight excluding hydrogens is 889 g/mol. The molecule has 1 unspecified atom stereocenters. The van der Waals surface area contributed by atoms with E-state index in [0.29, 0.717) is 19.3 Å². The lowest BCUT2D eigenvalue weighted by Gasteiger charge is -2.18. The molecule has 0 aromatic carbocycles. The Labute approximate surface area is 442 Å². The Morgan fingerprint density at radius 3 is 1.07 bits per heavy atom. The zero-order valence-corrected chi connectivity index (χ0v) is 46.1. The lowest BCUT2D eigenvalue weighted by atomic mass is 10.0. The second-order valence-electron chi connectivity index (χ2n) is 18.6. The van der Waals surface area contributed by atoms with E-state index < -0.39 is 6.10 Å². The molecule has 1 atom stereocenters. The molecule has 0 spiro atoms. The van der Waals surface area contributed by atoms with Gasteiger partial charge in [0.25, 0.3) is 0 Å². The molecule has 0 saturated heterocycles. The van der Waals surface area contributed by atoms with Crippen molar-refractivity contribution in [3.8, 4) is 0 Å². The molecule has 404 valence electrons. The number of hydrogen-bond acceptors (Lipinski definition) is 6. The van der Waals surface area contributed by atoms with Crippen LogP contribution in [-0.4, -0.2) is 37.2 Å². The van der Waals surface area contributed by atoms with Gasteiger partial charge in [0.15, 0.2) is 6.10 Å². The molecule has 0 bridgehead atoms. The van der Waals surface area contributed by atoms with Crippen molar-refractivity contribution in [3.63, 3.8) is 0 Å². The molecule has 0 aromatic heterocycles. The van der Waals surface area contributed by atoms with Crippen molar-refractivity contribution < 1.29 is 28.6 Å². The molecule has 0 amide bonds. The monoisotopic (exact) mass is 993 g/mol. The van der Waals surface area contributed by atoms with Crippen molar-refractivity contribution in [1.82, 2.24) is 0 Å². The van der Waals surface area contributed by atoms with Gasteiger partial charge in [-0.2, -0.15) is 0 Å². The lowest BCUT2D eigenvalue weighted by Crippen LogP contribution is -2.30. The third-order valence-electron chi connectivity index (χ3n) is 11.8. The Hall–Kier alpha value is -4.71. The van der Waals surface area contributed by atoms with Crippen molar-refractivity contribution in [2.24, 2.45) is 0 Å². The van der Waals surface area contributed by atoms with Crippen molar-refractivity contribution >= 4 is 17.9 Å². The van der Waals surface area contributed by atoms with Gasteiger partial charge in [-0.15, -0.1) is 0 Å². The number of unbranched alkanes of at least 4 members (excludes halogenated alkanes) is 21. The molecule has 0 heterocycles. The van der Waals surface area contributed by atoms with Crippen molar-refractivity contribution in [1.29, 1.82) is 0 Å². The molecule has 0 aliphatic heterocycles. The van der Waals surface area contributed by atoms with Gasteiger partial charge in [0.1, 0.15) is 13.2 Å². The van der Waals surface area contributed by atoms with E-state index in [-0.39, 0.29) is 44.0 Å². The number of esters is 3. The van der Waals surface area contributed by atoms with Crippen LogP contribution in [0.2, 0.25) is 0 Å². The normalized spacial score (nSPS) is 13.2. The number of carbonyl (C=O) groups excluding carboxylic acids is 3. The van der Waals surface area contributed by atoms with Crippen molar-refractivity contribution in [2.75, 3.05) is 13.2 Å². The summed E-state index contributed by atoms with van der Waals surface area (Å²) < 4.78 is 16.8. The largest absolute Gasteiger partial charge is 0.462 e. The van der Waals surface area contributed by atoms with E-state index in [1.54, 1.807) is 0 Å². The van der Waals surface area contributed by atoms with Gasteiger partial charge in [0, 0.05) is 19.3 Å². The van der Waals surface area contributed by atoms with Crippen LogP contribution >= 0.6 is 0 Å². The van der Waals surface area contributed by atoms with Gasteiger partial charge in [-0.25, -0.2) is 0 Å². The summed E-state index contributed by atoms with van der Waals surface area (Å²) in [4.78, 5) is 38.2. The second kappa shape index (κ2) is 58.9. The molecule has 0 fully saturated rings. The van der Waals surface area contributed by atoms with Crippen molar-refractivity contribution in [2.45, 2.75) is 239 Å². The van der Waals surface area contributed by atoms with Crippen LogP contribution in [0.15, 0.2) is 146 Å². The molecule has 6 nitrogen and oxygen atoms in total. The minimum atomic E-state index is -0.833. The summed E-state index contributed by atoms with van der Waals surface area (Å²) in [5.41, 5.74) is 0. The maximum atomic E-state index is 12.9. The first-order valence-electron chi connectivity index (χ1n) is 28.9. The fraction of sp³-hybridized carbons (Fsp3) is 0.591. The number of allylic oxidation sites excluding steroid dienone is 24. The third-order valence-corrected chi connectivity index (χ3v) is 11.8. The Morgan fingerprint density at radius 2 is 0.639 bits per heavy atom. The molecule has 0 radical (unpaired) electrons. The van der Waals surface area contributed by atoms with Crippen LogP contribution in [0.25, 0.3) is 0 Å². The van der Waals surface area contributed by atoms with Crippen LogP contribution in [0.5, 0.6) is 0 Å². The highest BCUT2D eigenvalue weighted by atomic mass is 16.6. The number of carbonyl (C=O) groups is 3. The lowest BCUT2D eigenvalue weighted by molar-refractivity contribution is -0.166. The first-order valence-corrected chi connectivity index (χ1v) is 28.9. The van der Waals surface area contributed by atoms with E-state index >= 15 is 0 Å². The molecule has 6 heteroatoms. The fourth-order valence-electron chi connectivity index (χ4n) is 7.53. The van der Waals surface area contributed by atoms with Crippen LogP contribution in [0, 0.1) is 0 Å². The predicted octanol–water partition coefficient (Wildman–Crippen LogP) is 19.6. The molecule has 0 aliphatic carbocycles. The quantitative estimate of drug-likeness (QED) is 0.0199. The number of hydrogen-bond donors (Lipinski definition) is 0. The SMILES string of the molecule is CC\C=C/C=C\C=C/C=C\C=C\C=C/C=C\CCCCCC(=O)OCC(COC(=O)CC/C=C\C/C=C\C/C=C\C/C=C\C/C=C\CC)OC(=O)CCCCCCCCCCCCCCCCCCCCC. The summed E-state index contributed by atoms with van der Waals surface area (Å²) in [5, 5.41) is 0. The van der Waals surface area contributed by atoms with E-state index in [2.05, 4.69) is 81.5 Å². The van der Waals surface area contributed by atoms with Crippen LogP contribution in [0.3, 0.4) is 0 Å². The van der Waals surface area contributed by atoms with E-state index in [1.807, 2.05) is 85.1 Å². The van der Waals surface area contributed by atoms with Crippen molar-refractivity contribution in [3.05, 3.63) is 146 Å². The van der Waals surface area contributed by atoms with Gasteiger partial charge < -0.3 is 14.2 Å². The van der Waals surface area contributed by atoms with Gasteiger partial charge in [-0.3, -0.25) is 14.4 Å². The van der Waals surface area contributed by atoms with Gasteiger partial charge in [-0.1, -0.05) is 289 Å². The molecule has 0 aromatic rings. The summed E-state index contributed by atoms with van der Waals surface area (Å²) in [6.45, 7) is 6.28. The first-order chi connectivity index (χ1) is 35.5. The highest BCUT2D eigenvalue weighted by molar-refractivity contribution is 5.71. The van der Waals surface area contributed by atoms with E-state index in [9.17, 15) is 14.4 Å². The van der Waals surface area contributed by atoms with Gasteiger partial charge in [-0.05, 0) is 70.6 Å². The van der Waals surface area contributed by atoms with Crippen LogP contribution in [0.1, 0.15) is 233 Å². The molecule has 0 aliphatic rings. The fourth-order valence-corrected chi connectivity index (χ4v) is 7.53. The zero-order chi connectivity index (χ0) is 52.2. The Bertz CT molecular complexity index is 1610. The highest BCUT2D eigenvalue weighted by Crippen LogP contribution is 2.16. The Morgan fingerprint density at radius 1 is 0.306 bits per heavy atom. The minimum Gasteiger partial charge on any atom is -0.462 e. The summed E-state index contributed by atoms with van der Waals surface area (Å²) >= 11 is 0. The number of ether oxygens (including phenoxy) is 3.